The van der Waals surface area contributed by atoms with Crippen molar-refractivity contribution in [3.63, 3.8) is 0 Å². The summed E-state index contributed by atoms with van der Waals surface area (Å²) in [6.45, 7) is 1.81. The van der Waals surface area contributed by atoms with E-state index in [0.29, 0.717) is 26.1 Å². The Balaban J connectivity index is 0.00000192. The number of thioether (sulfide) groups is 1. The van der Waals surface area contributed by atoms with E-state index >= 15 is 0 Å². The molecule has 0 saturated carbocycles. The van der Waals surface area contributed by atoms with Crippen molar-refractivity contribution >= 4 is 41.7 Å². The van der Waals surface area contributed by atoms with Gasteiger partial charge in [-0.05, 0) is 36.9 Å². The van der Waals surface area contributed by atoms with Crippen LogP contribution in [0.15, 0.2) is 29.2 Å². The number of carbonyl (C=O) groups excluding carboxylic acids is 2. The van der Waals surface area contributed by atoms with E-state index in [1.807, 2.05) is 35.4 Å². The van der Waals surface area contributed by atoms with Gasteiger partial charge in [0.15, 0.2) is 0 Å². The van der Waals surface area contributed by atoms with Gasteiger partial charge in [-0.2, -0.15) is 0 Å². The van der Waals surface area contributed by atoms with E-state index in [4.69, 9.17) is 5.73 Å². The maximum Gasteiger partial charge on any atom is 0.228 e. The molecule has 1 aromatic rings. The quantitative estimate of drug-likeness (QED) is 0.839. The predicted octanol–water partition coefficient (Wildman–Crippen LogP) is 1.74. The third-order valence-corrected chi connectivity index (χ3v) is 5.14. The van der Waals surface area contributed by atoms with E-state index < -0.39 is 0 Å². The Bertz CT molecular complexity index is 581. The largest absolute Gasteiger partial charge is 0.341 e. The van der Waals surface area contributed by atoms with Gasteiger partial charge in [0.25, 0.3) is 0 Å². The number of amides is 2. The van der Waals surface area contributed by atoms with Crippen molar-refractivity contribution < 1.29 is 9.59 Å². The van der Waals surface area contributed by atoms with Crippen LogP contribution in [0.25, 0.3) is 0 Å². The van der Waals surface area contributed by atoms with Gasteiger partial charge in [0.1, 0.15) is 0 Å². The lowest BCUT2D eigenvalue weighted by Crippen LogP contribution is -2.37. The summed E-state index contributed by atoms with van der Waals surface area (Å²) in [7, 11) is 0. The number of rotatable bonds is 3. The van der Waals surface area contributed by atoms with Gasteiger partial charge < -0.3 is 15.5 Å². The monoisotopic (exact) mass is 355 g/mol. The normalized spacial score (nSPS) is 24.0. The molecule has 2 fully saturated rings. The van der Waals surface area contributed by atoms with Gasteiger partial charge in [-0.1, -0.05) is 0 Å². The zero-order valence-corrected chi connectivity index (χ0v) is 14.7. The summed E-state index contributed by atoms with van der Waals surface area (Å²) >= 11 is 1.67. The molecule has 2 N–H and O–H groups in total. The van der Waals surface area contributed by atoms with Gasteiger partial charge in [-0.25, -0.2) is 0 Å². The maximum atomic E-state index is 12.5. The lowest BCUT2D eigenvalue weighted by atomic mass is 10.1. The van der Waals surface area contributed by atoms with Crippen molar-refractivity contribution in [2.45, 2.75) is 23.8 Å². The Kier molecular flexibility index (Phi) is 5.95. The third kappa shape index (κ3) is 3.82. The second-order valence-corrected chi connectivity index (χ2v) is 6.82. The predicted molar refractivity (Wildman–Crippen MR) is 95.1 cm³/mol. The Morgan fingerprint density at radius 1 is 1.26 bits per heavy atom. The SMILES string of the molecule is CSc1ccc(N2CC(C(=O)N3CC[C@@H](N)C3)CC2=O)cc1.Cl. The van der Waals surface area contributed by atoms with Gasteiger partial charge in [0.05, 0.1) is 5.92 Å². The summed E-state index contributed by atoms with van der Waals surface area (Å²) in [4.78, 5) is 29.4. The standard InChI is InChI=1S/C16H21N3O2S.ClH/c1-22-14-4-2-13(3-5-14)19-9-11(8-15(19)20)16(21)18-7-6-12(17)10-18;/h2-5,11-12H,6-10,17H2,1H3;1H/t11?,12-;/m1./s1. The van der Waals surface area contributed by atoms with Crippen molar-refractivity contribution in [1.29, 1.82) is 0 Å². The highest BCUT2D eigenvalue weighted by atomic mass is 35.5. The van der Waals surface area contributed by atoms with Gasteiger partial charge in [0.2, 0.25) is 11.8 Å². The van der Waals surface area contributed by atoms with Crippen LogP contribution in [0.4, 0.5) is 5.69 Å². The molecule has 7 heteroatoms. The van der Waals surface area contributed by atoms with Crippen LogP contribution >= 0.6 is 24.2 Å². The second-order valence-electron chi connectivity index (χ2n) is 5.94. The molecule has 2 heterocycles. The number of nitrogens with two attached hydrogens (primary N) is 1. The van der Waals surface area contributed by atoms with E-state index in [0.717, 1.165) is 17.0 Å². The molecule has 2 atom stereocenters. The summed E-state index contributed by atoms with van der Waals surface area (Å²) in [6, 6.07) is 7.98. The highest BCUT2D eigenvalue weighted by molar-refractivity contribution is 7.98. The lowest BCUT2D eigenvalue weighted by Gasteiger charge is -2.21. The van der Waals surface area contributed by atoms with Crippen LogP contribution in [0.1, 0.15) is 12.8 Å². The van der Waals surface area contributed by atoms with Crippen molar-refractivity contribution in [2.24, 2.45) is 11.7 Å². The number of benzene rings is 1. The third-order valence-electron chi connectivity index (χ3n) is 4.39. The van der Waals surface area contributed by atoms with Gasteiger partial charge in [-0.3, -0.25) is 9.59 Å². The molecule has 0 spiro atoms. The first kappa shape index (κ1) is 18.1. The van der Waals surface area contributed by atoms with Crippen molar-refractivity contribution in [2.75, 3.05) is 30.8 Å². The van der Waals surface area contributed by atoms with Gasteiger partial charge in [-0.15, -0.1) is 24.2 Å². The molecule has 2 aliphatic heterocycles. The highest BCUT2D eigenvalue weighted by Gasteiger charge is 2.38. The fourth-order valence-electron chi connectivity index (χ4n) is 3.13. The van der Waals surface area contributed by atoms with E-state index in [1.54, 1.807) is 16.7 Å². The van der Waals surface area contributed by atoms with Crippen molar-refractivity contribution in [3.8, 4) is 0 Å². The van der Waals surface area contributed by atoms with Crippen LogP contribution in [-0.2, 0) is 9.59 Å². The van der Waals surface area contributed by atoms with Crippen molar-refractivity contribution in [3.05, 3.63) is 24.3 Å². The number of hydrogen-bond acceptors (Lipinski definition) is 4. The van der Waals surface area contributed by atoms with Crippen LogP contribution in [0.3, 0.4) is 0 Å². The maximum absolute atomic E-state index is 12.5. The lowest BCUT2D eigenvalue weighted by molar-refractivity contribution is -0.134. The van der Waals surface area contributed by atoms with Crippen LogP contribution in [0.5, 0.6) is 0 Å². The molecular formula is C16H22ClN3O2S. The number of halogens is 1. The molecule has 0 aromatic heterocycles. The van der Waals surface area contributed by atoms with Crippen LogP contribution < -0.4 is 10.6 Å². The van der Waals surface area contributed by atoms with E-state index in [9.17, 15) is 9.59 Å². The molecule has 5 nitrogen and oxygen atoms in total. The Hall–Kier alpha value is -1.24. The number of hydrogen-bond donors (Lipinski definition) is 1. The minimum Gasteiger partial charge on any atom is -0.341 e. The topological polar surface area (TPSA) is 66.6 Å². The first-order valence-corrected chi connectivity index (χ1v) is 8.79. The number of carbonyl (C=O) groups is 2. The number of nitrogens with zero attached hydrogens (tertiary/aromatic N) is 2. The number of likely N-dealkylation sites (tertiary alicyclic amines) is 1. The summed E-state index contributed by atoms with van der Waals surface area (Å²) in [6.07, 6.45) is 3.17. The molecule has 3 rings (SSSR count). The fraction of sp³-hybridized carbons (Fsp3) is 0.500. The van der Waals surface area contributed by atoms with Gasteiger partial charge >= 0.3 is 0 Å². The van der Waals surface area contributed by atoms with Gasteiger partial charge in [0, 0.05) is 42.7 Å². The molecule has 1 aromatic carbocycles. The molecule has 126 valence electrons. The summed E-state index contributed by atoms with van der Waals surface area (Å²) in [5.74, 6) is -0.138. The molecule has 0 radical (unpaired) electrons. The van der Waals surface area contributed by atoms with E-state index in [2.05, 4.69) is 0 Å². The van der Waals surface area contributed by atoms with E-state index in [-0.39, 0.29) is 36.2 Å². The summed E-state index contributed by atoms with van der Waals surface area (Å²) in [5, 5.41) is 0. The fourth-order valence-corrected chi connectivity index (χ4v) is 3.54. The molecule has 1 unspecified atom stereocenters. The highest BCUT2D eigenvalue weighted by Crippen LogP contribution is 2.28. The first-order valence-electron chi connectivity index (χ1n) is 7.57. The average molecular weight is 356 g/mol. The number of anilines is 1. The van der Waals surface area contributed by atoms with Crippen LogP contribution in [-0.4, -0.2) is 48.6 Å². The Morgan fingerprint density at radius 3 is 2.52 bits per heavy atom. The van der Waals surface area contributed by atoms with Crippen LogP contribution in [0.2, 0.25) is 0 Å². The molecule has 0 aliphatic carbocycles. The minimum atomic E-state index is -0.238. The molecule has 23 heavy (non-hydrogen) atoms. The average Bonchev–Trinajstić information content (AvgIpc) is 3.13. The molecule has 2 aliphatic rings. The molecule has 2 saturated heterocycles. The smallest absolute Gasteiger partial charge is 0.228 e. The van der Waals surface area contributed by atoms with E-state index in [1.165, 1.54) is 0 Å². The van der Waals surface area contributed by atoms with Crippen molar-refractivity contribution in [1.82, 2.24) is 4.90 Å². The zero-order valence-electron chi connectivity index (χ0n) is 13.1. The summed E-state index contributed by atoms with van der Waals surface area (Å²) < 4.78 is 0. The zero-order chi connectivity index (χ0) is 15.7. The molecule has 2 amide bonds. The summed E-state index contributed by atoms with van der Waals surface area (Å²) in [5.41, 5.74) is 6.73. The van der Waals surface area contributed by atoms with Crippen LogP contribution in [0, 0.1) is 5.92 Å². The molecule has 0 bridgehead atoms. The Morgan fingerprint density at radius 2 is 1.96 bits per heavy atom. The first-order chi connectivity index (χ1) is 10.6. The Labute approximate surface area is 147 Å². The minimum absolute atomic E-state index is 0. The molecular weight excluding hydrogens is 334 g/mol. The second kappa shape index (κ2) is 7.55.